The quantitative estimate of drug-likeness (QED) is 0.494. The summed E-state index contributed by atoms with van der Waals surface area (Å²) in [5.74, 6) is -0.322. The summed E-state index contributed by atoms with van der Waals surface area (Å²) in [6, 6.07) is 14.6. The summed E-state index contributed by atoms with van der Waals surface area (Å²) in [7, 11) is 0. The number of aryl methyl sites for hydroxylation is 1. The topological polar surface area (TPSA) is 82.3 Å². The second-order valence-electron chi connectivity index (χ2n) is 8.32. The number of ketones is 1. The van der Waals surface area contributed by atoms with Crippen molar-refractivity contribution in [3.05, 3.63) is 70.9 Å². The minimum atomic E-state index is -1.19. The van der Waals surface area contributed by atoms with E-state index in [0.29, 0.717) is 17.0 Å². The number of imide groups is 1. The van der Waals surface area contributed by atoms with E-state index in [-0.39, 0.29) is 12.3 Å². The van der Waals surface area contributed by atoms with Gasteiger partial charge in [0.25, 0.3) is 5.91 Å². The lowest BCUT2D eigenvalue weighted by atomic mass is 9.90. The Morgan fingerprint density at radius 1 is 1.07 bits per heavy atom. The molecule has 0 saturated carbocycles. The number of H-pyrrole nitrogens is 1. The predicted molar refractivity (Wildman–Crippen MR) is 115 cm³/mol. The number of aromatic nitrogens is 1. The Morgan fingerprint density at radius 3 is 2.40 bits per heavy atom. The van der Waals surface area contributed by atoms with Crippen LogP contribution >= 0.6 is 0 Å². The summed E-state index contributed by atoms with van der Waals surface area (Å²) in [5.41, 5.74) is 2.75. The largest absolute Gasteiger partial charge is 0.358 e. The standard InChI is InChI=1S/C24H25N3O3/c1-14(2)16-9-11-17(12-10-16)24(4)22(29)27(23(30)26-24)13-20(28)21-15(3)25-19-8-6-5-7-18(19)21/h5-12,14,25H,13H2,1-4H3,(H,26,30)/t24-/m0/s1. The van der Waals surface area contributed by atoms with Crippen molar-refractivity contribution in [2.75, 3.05) is 6.54 Å². The maximum Gasteiger partial charge on any atom is 0.325 e. The third-order valence-electron chi connectivity index (χ3n) is 5.90. The van der Waals surface area contributed by atoms with Gasteiger partial charge in [0.2, 0.25) is 0 Å². The molecule has 2 aromatic carbocycles. The van der Waals surface area contributed by atoms with E-state index in [1.165, 1.54) is 0 Å². The number of fused-ring (bicyclic) bond motifs is 1. The summed E-state index contributed by atoms with van der Waals surface area (Å²) < 4.78 is 0. The van der Waals surface area contributed by atoms with E-state index >= 15 is 0 Å². The molecule has 3 aromatic rings. The molecule has 0 aliphatic carbocycles. The van der Waals surface area contributed by atoms with Crippen molar-refractivity contribution in [3.8, 4) is 0 Å². The summed E-state index contributed by atoms with van der Waals surface area (Å²) >= 11 is 0. The van der Waals surface area contributed by atoms with Gasteiger partial charge in [-0.2, -0.15) is 0 Å². The van der Waals surface area contributed by atoms with Gasteiger partial charge in [0.05, 0.1) is 6.54 Å². The van der Waals surface area contributed by atoms with Crippen molar-refractivity contribution in [1.82, 2.24) is 15.2 Å². The van der Waals surface area contributed by atoms with Crippen molar-refractivity contribution in [2.24, 2.45) is 0 Å². The Bertz CT molecular complexity index is 1160. The number of benzene rings is 2. The number of para-hydroxylation sites is 1. The van der Waals surface area contributed by atoms with E-state index in [1.54, 1.807) is 6.92 Å². The second kappa shape index (κ2) is 7.13. The van der Waals surface area contributed by atoms with Crippen molar-refractivity contribution in [2.45, 2.75) is 39.2 Å². The molecule has 2 heterocycles. The van der Waals surface area contributed by atoms with Crippen molar-refractivity contribution in [3.63, 3.8) is 0 Å². The number of hydrogen-bond acceptors (Lipinski definition) is 3. The van der Waals surface area contributed by atoms with Gasteiger partial charge in [-0.05, 0) is 37.0 Å². The summed E-state index contributed by atoms with van der Waals surface area (Å²) in [6.07, 6.45) is 0. The van der Waals surface area contributed by atoms with E-state index in [9.17, 15) is 14.4 Å². The van der Waals surface area contributed by atoms with Crippen LogP contribution in [0.3, 0.4) is 0 Å². The van der Waals surface area contributed by atoms with Crippen LogP contribution in [-0.2, 0) is 10.3 Å². The monoisotopic (exact) mass is 403 g/mol. The molecule has 1 fully saturated rings. The second-order valence-corrected chi connectivity index (χ2v) is 8.32. The first-order chi connectivity index (χ1) is 14.2. The van der Waals surface area contributed by atoms with Gasteiger partial charge in [-0.1, -0.05) is 56.3 Å². The van der Waals surface area contributed by atoms with Crippen molar-refractivity contribution in [1.29, 1.82) is 0 Å². The minimum absolute atomic E-state index is 0.271. The Labute approximate surface area is 175 Å². The molecule has 6 nitrogen and oxygen atoms in total. The molecule has 1 aromatic heterocycles. The van der Waals surface area contributed by atoms with E-state index in [2.05, 4.69) is 24.1 Å². The number of nitrogens with zero attached hydrogens (tertiary/aromatic N) is 1. The molecular weight excluding hydrogens is 378 g/mol. The molecule has 1 saturated heterocycles. The van der Waals surface area contributed by atoms with Gasteiger partial charge in [-0.25, -0.2) is 4.79 Å². The number of carbonyl (C=O) groups excluding carboxylic acids is 3. The Kier molecular flexibility index (Phi) is 4.73. The van der Waals surface area contributed by atoms with Gasteiger partial charge in [0.15, 0.2) is 5.78 Å². The first-order valence-corrected chi connectivity index (χ1v) is 10.1. The Balaban J connectivity index is 1.61. The number of rotatable bonds is 5. The summed E-state index contributed by atoms with van der Waals surface area (Å²) in [5, 5.41) is 3.57. The van der Waals surface area contributed by atoms with Gasteiger partial charge in [-0.15, -0.1) is 0 Å². The number of hydrogen-bond donors (Lipinski definition) is 2. The van der Waals surface area contributed by atoms with Crippen LogP contribution in [0.25, 0.3) is 10.9 Å². The lowest BCUT2D eigenvalue weighted by Crippen LogP contribution is -2.41. The molecule has 30 heavy (non-hydrogen) atoms. The fraction of sp³-hybridized carbons (Fsp3) is 0.292. The maximum atomic E-state index is 13.2. The highest BCUT2D eigenvalue weighted by molar-refractivity contribution is 6.15. The number of aromatic amines is 1. The molecule has 154 valence electrons. The molecule has 1 aliphatic rings. The molecule has 4 rings (SSSR count). The highest BCUT2D eigenvalue weighted by atomic mass is 16.2. The predicted octanol–water partition coefficient (Wildman–Crippen LogP) is 4.25. The lowest BCUT2D eigenvalue weighted by molar-refractivity contribution is -0.130. The number of nitrogens with one attached hydrogen (secondary N) is 2. The van der Waals surface area contributed by atoms with E-state index in [0.717, 1.165) is 27.1 Å². The Hall–Kier alpha value is -3.41. The third kappa shape index (κ3) is 3.09. The summed E-state index contributed by atoms with van der Waals surface area (Å²) in [6.45, 7) is 7.39. The SMILES string of the molecule is Cc1[nH]c2ccccc2c1C(=O)CN1C(=O)N[C@@](C)(c2ccc(C(C)C)cc2)C1=O. The van der Waals surface area contributed by atoms with Crippen LogP contribution < -0.4 is 5.32 Å². The average molecular weight is 403 g/mol. The first-order valence-electron chi connectivity index (χ1n) is 10.1. The van der Waals surface area contributed by atoms with Crippen molar-refractivity contribution < 1.29 is 14.4 Å². The highest BCUT2D eigenvalue weighted by Gasteiger charge is 2.49. The lowest BCUT2D eigenvalue weighted by Gasteiger charge is -2.22. The molecule has 3 amide bonds. The zero-order valence-electron chi connectivity index (χ0n) is 17.6. The van der Waals surface area contributed by atoms with Crippen molar-refractivity contribution >= 4 is 28.6 Å². The molecule has 6 heteroatoms. The Morgan fingerprint density at radius 2 is 1.73 bits per heavy atom. The number of amides is 3. The van der Waals surface area contributed by atoms with Gasteiger partial charge in [0, 0.05) is 22.2 Å². The van der Waals surface area contributed by atoms with Crippen LogP contribution in [0.4, 0.5) is 4.79 Å². The van der Waals surface area contributed by atoms with Crippen LogP contribution in [0.15, 0.2) is 48.5 Å². The van der Waals surface area contributed by atoms with Crippen LogP contribution in [-0.4, -0.2) is 34.2 Å². The zero-order chi connectivity index (χ0) is 21.6. The van der Waals surface area contributed by atoms with E-state index < -0.39 is 17.5 Å². The molecule has 0 radical (unpaired) electrons. The molecule has 1 aliphatic heterocycles. The van der Waals surface area contributed by atoms with Gasteiger partial charge in [0.1, 0.15) is 5.54 Å². The number of carbonyl (C=O) groups is 3. The summed E-state index contributed by atoms with van der Waals surface area (Å²) in [4.78, 5) is 43.1. The van der Waals surface area contributed by atoms with Crippen LogP contribution in [0.5, 0.6) is 0 Å². The number of Topliss-reactive ketones (excluding diaryl/α,β-unsaturated/α-hetero) is 1. The normalized spacial score (nSPS) is 19.0. The molecule has 2 N–H and O–H groups in total. The van der Waals surface area contributed by atoms with Gasteiger partial charge in [-0.3, -0.25) is 14.5 Å². The molecule has 0 bridgehead atoms. The van der Waals surface area contributed by atoms with Crippen LogP contribution in [0.2, 0.25) is 0 Å². The molecule has 0 unspecified atom stereocenters. The first kappa shape index (κ1) is 19.9. The number of urea groups is 1. The molecule has 0 spiro atoms. The van der Waals surface area contributed by atoms with Gasteiger partial charge < -0.3 is 10.3 Å². The van der Waals surface area contributed by atoms with E-state index in [1.807, 2.05) is 55.5 Å². The van der Waals surface area contributed by atoms with Gasteiger partial charge >= 0.3 is 6.03 Å². The average Bonchev–Trinajstić information content (AvgIpc) is 3.16. The maximum absolute atomic E-state index is 13.2. The fourth-order valence-corrected chi connectivity index (χ4v) is 4.10. The zero-order valence-corrected chi connectivity index (χ0v) is 17.6. The molecule has 1 atom stereocenters. The molecular formula is C24H25N3O3. The van der Waals surface area contributed by atoms with E-state index in [4.69, 9.17) is 0 Å². The smallest absolute Gasteiger partial charge is 0.325 e. The van der Waals surface area contributed by atoms with Crippen LogP contribution in [0, 0.1) is 6.92 Å². The third-order valence-corrected chi connectivity index (χ3v) is 5.90. The van der Waals surface area contributed by atoms with Crippen LogP contribution in [0.1, 0.15) is 53.9 Å². The fourth-order valence-electron chi connectivity index (χ4n) is 4.10. The minimum Gasteiger partial charge on any atom is -0.358 e. The highest BCUT2D eigenvalue weighted by Crippen LogP contribution is 2.31.